The summed E-state index contributed by atoms with van der Waals surface area (Å²) in [5.41, 5.74) is 4.79. The largest absolute Gasteiger partial charge is 0.464 e. The number of carbonyl (C=O) groups excluding carboxylic acids is 1. The van der Waals surface area contributed by atoms with Gasteiger partial charge >= 0.3 is 5.97 Å². The lowest BCUT2D eigenvalue weighted by molar-refractivity contribution is 0.0594. The van der Waals surface area contributed by atoms with Gasteiger partial charge in [0, 0.05) is 17.3 Å². The zero-order valence-electron chi connectivity index (χ0n) is 8.34. The number of nitrogen functional groups attached to an aromatic ring is 1. The Bertz CT molecular complexity index is 413. The first kappa shape index (κ1) is 12.6. The number of anilines is 1. The number of methoxy groups -OCH3 is 1. The molecule has 0 aliphatic rings. The molecule has 88 valence electrons. The molecule has 0 saturated carbocycles. The van der Waals surface area contributed by atoms with Gasteiger partial charge in [0.1, 0.15) is 0 Å². The summed E-state index contributed by atoms with van der Waals surface area (Å²) < 4.78 is 29.5. The molecule has 0 radical (unpaired) electrons. The maximum absolute atomic E-state index is 12.5. The topological polar surface area (TPSA) is 65.2 Å². The molecule has 0 saturated heterocycles. The quantitative estimate of drug-likeness (QED) is 0.659. The van der Waals surface area contributed by atoms with E-state index in [4.69, 9.17) is 17.3 Å². The van der Waals surface area contributed by atoms with E-state index in [9.17, 15) is 13.6 Å². The number of rotatable bonds is 3. The predicted octanol–water partition coefficient (Wildman–Crippen LogP) is 2.13. The zero-order valence-corrected chi connectivity index (χ0v) is 9.09. The summed E-state index contributed by atoms with van der Waals surface area (Å²) in [7, 11) is 1.14. The summed E-state index contributed by atoms with van der Waals surface area (Å²) in [6, 6.07) is 0. The first-order chi connectivity index (χ1) is 7.52. The van der Waals surface area contributed by atoms with Crippen LogP contribution in [-0.2, 0) is 10.6 Å². The normalized spacial score (nSPS) is 10.6. The molecule has 7 heteroatoms. The van der Waals surface area contributed by atoms with Crippen LogP contribution in [0.3, 0.4) is 0 Å². The molecule has 1 aromatic heterocycles. The molecule has 1 heterocycles. The lowest BCUT2D eigenvalue weighted by Crippen LogP contribution is -2.12. The van der Waals surface area contributed by atoms with Crippen molar-refractivity contribution in [1.29, 1.82) is 0 Å². The molecule has 0 aliphatic carbocycles. The van der Waals surface area contributed by atoms with Crippen LogP contribution in [0.25, 0.3) is 0 Å². The number of hydrogen-bond acceptors (Lipinski definition) is 4. The molecule has 0 bridgehead atoms. The highest BCUT2D eigenvalue weighted by Gasteiger charge is 2.21. The van der Waals surface area contributed by atoms with Crippen molar-refractivity contribution in [2.45, 2.75) is 12.3 Å². The van der Waals surface area contributed by atoms with E-state index in [2.05, 4.69) is 9.72 Å². The highest BCUT2D eigenvalue weighted by Crippen LogP contribution is 2.29. The lowest BCUT2D eigenvalue weighted by Gasteiger charge is -2.11. The molecule has 0 spiro atoms. The Morgan fingerprint density at radius 1 is 1.69 bits per heavy atom. The Kier molecular flexibility index (Phi) is 4.00. The first-order valence-electron chi connectivity index (χ1n) is 4.22. The van der Waals surface area contributed by atoms with Gasteiger partial charge in [-0.25, -0.2) is 18.6 Å². The molecule has 0 aliphatic heterocycles. The maximum atomic E-state index is 12.5. The minimum Gasteiger partial charge on any atom is -0.464 e. The van der Waals surface area contributed by atoms with Crippen LogP contribution < -0.4 is 5.73 Å². The van der Waals surface area contributed by atoms with E-state index < -0.39 is 12.4 Å². The standard InChI is InChI=1S/C9H9ClF2N2O2/c1-16-9(15)7-6(13)4(2-10)5(3-14-7)8(11)12/h3,8H,2,13H2,1H3. The molecule has 0 atom stereocenters. The molecule has 0 fully saturated rings. The molecule has 0 unspecified atom stereocenters. The number of alkyl halides is 3. The van der Waals surface area contributed by atoms with Gasteiger partial charge in [0.15, 0.2) is 5.69 Å². The average Bonchev–Trinajstić information content (AvgIpc) is 2.27. The number of hydrogen-bond donors (Lipinski definition) is 1. The van der Waals surface area contributed by atoms with E-state index in [0.717, 1.165) is 13.3 Å². The molecular formula is C9H9ClF2N2O2. The van der Waals surface area contributed by atoms with Crippen molar-refractivity contribution in [3.05, 3.63) is 23.0 Å². The van der Waals surface area contributed by atoms with Crippen molar-refractivity contribution in [3.63, 3.8) is 0 Å². The monoisotopic (exact) mass is 250 g/mol. The third-order valence-electron chi connectivity index (χ3n) is 2.01. The average molecular weight is 251 g/mol. The Morgan fingerprint density at radius 3 is 2.75 bits per heavy atom. The van der Waals surface area contributed by atoms with Gasteiger partial charge in [0.05, 0.1) is 18.7 Å². The highest BCUT2D eigenvalue weighted by molar-refractivity contribution is 6.17. The van der Waals surface area contributed by atoms with E-state index in [1.807, 2.05) is 0 Å². The van der Waals surface area contributed by atoms with Gasteiger partial charge in [0.2, 0.25) is 0 Å². The van der Waals surface area contributed by atoms with Gasteiger partial charge in [-0.3, -0.25) is 0 Å². The van der Waals surface area contributed by atoms with Crippen LogP contribution in [0.1, 0.15) is 28.0 Å². The van der Waals surface area contributed by atoms with Crippen molar-refractivity contribution < 1.29 is 18.3 Å². The number of carbonyl (C=O) groups is 1. The van der Waals surface area contributed by atoms with Crippen LogP contribution >= 0.6 is 11.6 Å². The Hall–Kier alpha value is -1.43. The number of ether oxygens (including phenoxy) is 1. The van der Waals surface area contributed by atoms with E-state index in [0.29, 0.717) is 0 Å². The fourth-order valence-corrected chi connectivity index (χ4v) is 1.47. The van der Waals surface area contributed by atoms with E-state index in [-0.39, 0.29) is 28.4 Å². The third kappa shape index (κ3) is 2.21. The molecule has 0 amide bonds. The summed E-state index contributed by atoms with van der Waals surface area (Å²) in [6.07, 6.45) is -1.86. The molecule has 1 rings (SSSR count). The summed E-state index contributed by atoms with van der Waals surface area (Å²) in [5.74, 6) is -1.01. The van der Waals surface area contributed by atoms with Crippen LogP contribution in [0.2, 0.25) is 0 Å². The summed E-state index contributed by atoms with van der Waals surface area (Å²) in [5, 5.41) is 0. The van der Waals surface area contributed by atoms with E-state index in [1.165, 1.54) is 0 Å². The fourth-order valence-electron chi connectivity index (χ4n) is 1.18. The third-order valence-corrected chi connectivity index (χ3v) is 2.28. The SMILES string of the molecule is COC(=O)c1ncc(C(F)F)c(CCl)c1N. The molecule has 4 nitrogen and oxygen atoms in total. The second kappa shape index (κ2) is 5.07. The number of aromatic nitrogens is 1. The fraction of sp³-hybridized carbons (Fsp3) is 0.333. The van der Waals surface area contributed by atoms with Gasteiger partial charge < -0.3 is 10.5 Å². The maximum Gasteiger partial charge on any atom is 0.358 e. The van der Waals surface area contributed by atoms with Crippen molar-refractivity contribution in [2.24, 2.45) is 0 Å². The van der Waals surface area contributed by atoms with Gasteiger partial charge in [0.25, 0.3) is 6.43 Å². The second-order valence-corrected chi connectivity index (χ2v) is 3.15. The van der Waals surface area contributed by atoms with Crippen molar-refractivity contribution in [2.75, 3.05) is 12.8 Å². The van der Waals surface area contributed by atoms with Crippen LogP contribution in [0.5, 0.6) is 0 Å². The second-order valence-electron chi connectivity index (χ2n) is 2.88. The van der Waals surface area contributed by atoms with Crippen molar-refractivity contribution >= 4 is 23.3 Å². The molecule has 0 aromatic carbocycles. The number of nitrogens with zero attached hydrogens (tertiary/aromatic N) is 1. The van der Waals surface area contributed by atoms with Crippen molar-refractivity contribution in [3.8, 4) is 0 Å². The first-order valence-corrected chi connectivity index (χ1v) is 4.76. The molecule has 16 heavy (non-hydrogen) atoms. The zero-order chi connectivity index (χ0) is 12.3. The van der Waals surface area contributed by atoms with Crippen LogP contribution in [0.15, 0.2) is 6.20 Å². The molecule has 1 aromatic rings. The van der Waals surface area contributed by atoms with Crippen molar-refractivity contribution in [1.82, 2.24) is 4.98 Å². The predicted molar refractivity (Wildman–Crippen MR) is 54.5 cm³/mol. The Balaban J connectivity index is 3.34. The number of esters is 1. The van der Waals surface area contributed by atoms with Gasteiger partial charge in [-0.2, -0.15) is 0 Å². The summed E-state index contributed by atoms with van der Waals surface area (Å²) in [6.45, 7) is 0. The Morgan fingerprint density at radius 2 is 2.31 bits per heavy atom. The van der Waals surface area contributed by atoms with E-state index in [1.54, 1.807) is 0 Å². The molecule has 2 N–H and O–H groups in total. The Labute approximate surface area is 95.4 Å². The van der Waals surface area contributed by atoms with Crippen LogP contribution in [-0.4, -0.2) is 18.1 Å². The van der Waals surface area contributed by atoms with Crippen LogP contribution in [0, 0.1) is 0 Å². The minimum atomic E-state index is -2.74. The summed E-state index contributed by atoms with van der Waals surface area (Å²) >= 11 is 5.51. The molecular weight excluding hydrogens is 242 g/mol. The minimum absolute atomic E-state index is 0.00654. The van der Waals surface area contributed by atoms with Gasteiger partial charge in [-0.1, -0.05) is 0 Å². The number of halogens is 3. The van der Waals surface area contributed by atoms with E-state index >= 15 is 0 Å². The van der Waals surface area contributed by atoms with Crippen LogP contribution in [0.4, 0.5) is 14.5 Å². The lowest BCUT2D eigenvalue weighted by atomic mass is 10.1. The number of pyridine rings is 1. The summed E-state index contributed by atoms with van der Waals surface area (Å²) in [4.78, 5) is 14.7. The van der Waals surface area contributed by atoms with Gasteiger partial charge in [-0.05, 0) is 0 Å². The smallest absolute Gasteiger partial charge is 0.358 e. The van der Waals surface area contributed by atoms with Gasteiger partial charge in [-0.15, -0.1) is 11.6 Å². The highest BCUT2D eigenvalue weighted by atomic mass is 35.5. The number of nitrogens with two attached hydrogens (primary N) is 1.